The Morgan fingerprint density at radius 1 is 0.500 bits per heavy atom. The Hall–Kier alpha value is -6.90. The van der Waals surface area contributed by atoms with Gasteiger partial charge in [0.1, 0.15) is 36.8 Å². The second kappa shape index (κ2) is 25.7. The van der Waals surface area contributed by atoms with Crippen LogP contribution in [0.2, 0.25) is 0 Å². The molecule has 21 heteroatoms. The maximum Gasteiger partial charge on any atom is 0.322 e. The van der Waals surface area contributed by atoms with Gasteiger partial charge in [-0.25, -0.2) is 0 Å². The van der Waals surface area contributed by atoms with Crippen LogP contribution in [0.3, 0.4) is 0 Å². The SMILES string of the molecule is CC(C)C(N)C(=O)NC(Cc1ccccc1)C(=O)NC(Cc1ccccc1)C(=O)NCC(=O)NC(CCC(=O)O)C(=O)NC(CC(=O)O)C(=O)NC(C(=O)NCC(=O)O)C(C)C. The Balaban J connectivity index is 2.28. The zero-order valence-corrected chi connectivity index (χ0v) is 34.8. The molecule has 21 nitrogen and oxygen atoms in total. The molecular formula is C41H56N8O13. The molecule has 12 N–H and O–H groups in total. The van der Waals surface area contributed by atoms with E-state index in [0.29, 0.717) is 11.1 Å². The molecule has 0 aliphatic rings. The second-order valence-corrected chi connectivity index (χ2v) is 15.0. The second-order valence-electron chi connectivity index (χ2n) is 15.0. The monoisotopic (exact) mass is 868 g/mol. The van der Waals surface area contributed by atoms with E-state index >= 15 is 0 Å². The minimum absolute atomic E-state index is 0.0422. The Morgan fingerprint density at radius 3 is 1.45 bits per heavy atom. The number of benzene rings is 2. The summed E-state index contributed by atoms with van der Waals surface area (Å²) in [6.45, 7) is 4.93. The molecule has 2 aromatic carbocycles. The van der Waals surface area contributed by atoms with E-state index in [1.807, 2.05) is 0 Å². The van der Waals surface area contributed by atoms with Crippen LogP contribution in [-0.4, -0.2) is 124 Å². The molecule has 0 saturated carbocycles. The average molecular weight is 869 g/mol. The molecule has 338 valence electrons. The van der Waals surface area contributed by atoms with Crippen LogP contribution in [0, 0.1) is 11.8 Å². The lowest BCUT2D eigenvalue weighted by Crippen LogP contribution is -2.59. The number of nitrogens with one attached hydrogen (secondary N) is 7. The van der Waals surface area contributed by atoms with E-state index in [0.717, 1.165) is 0 Å². The summed E-state index contributed by atoms with van der Waals surface area (Å²) in [5.41, 5.74) is 7.36. The summed E-state index contributed by atoms with van der Waals surface area (Å²) in [6.07, 6.45) is -2.25. The largest absolute Gasteiger partial charge is 0.481 e. The van der Waals surface area contributed by atoms with Gasteiger partial charge in [-0.2, -0.15) is 0 Å². The number of amides is 7. The van der Waals surface area contributed by atoms with Crippen molar-refractivity contribution in [1.82, 2.24) is 37.2 Å². The molecule has 0 aliphatic carbocycles. The molecule has 0 spiro atoms. The number of hydrogen-bond donors (Lipinski definition) is 11. The van der Waals surface area contributed by atoms with E-state index in [-0.39, 0.29) is 18.8 Å². The van der Waals surface area contributed by atoms with Crippen molar-refractivity contribution in [2.45, 2.75) is 96.1 Å². The molecule has 0 fully saturated rings. The molecule has 2 rings (SSSR count). The summed E-state index contributed by atoms with van der Waals surface area (Å²) in [4.78, 5) is 127. The fourth-order valence-electron chi connectivity index (χ4n) is 5.75. The summed E-state index contributed by atoms with van der Waals surface area (Å²) >= 11 is 0. The smallest absolute Gasteiger partial charge is 0.322 e. The first-order chi connectivity index (χ1) is 29.2. The molecule has 0 aliphatic heterocycles. The van der Waals surface area contributed by atoms with Crippen molar-refractivity contribution in [3.8, 4) is 0 Å². The maximum absolute atomic E-state index is 13.8. The standard InChI is InChI=1S/C41H56N8O13/c1-22(2)34(42)40(61)48-28(18-25-13-9-6-10-14-25)38(59)46-27(17-24-11-7-5-8-12-24)36(57)43-20-30(50)45-26(15-16-31(51)52)37(58)47-29(19-32(53)54)39(60)49-35(23(3)4)41(62)44-21-33(55)56/h5-14,22-23,26-29,34-35H,15-21,42H2,1-4H3,(H,43,57)(H,44,62)(H,45,50)(H,46,59)(H,47,58)(H,48,61)(H,49,60)(H,51,52)(H,53,54)(H,55,56). The Kier molecular flexibility index (Phi) is 21.2. The number of carboxylic acid groups (broad SMARTS) is 3. The number of hydrogen-bond acceptors (Lipinski definition) is 11. The number of nitrogens with two attached hydrogens (primary N) is 1. The number of carbonyl (C=O) groups is 10. The van der Waals surface area contributed by atoms with Crippen molar-refractivity contribution < 1.29 is 63.3 Å². The molecule has 6 atom stereocenters. The summed E-state index contributed by atoms with van der Waals surface area (Å²) < 4.78 is 0. The van der Waals surface area contributed by atoms with E-state index in [4.69, 9.17) is 10.8 Å². The Labute approximate surface area is 357 Å². The first-order valence-corrected chi connectivity index (χ1v) is 19.7. The van der Waals surface area contributed by atoms with Crippen molar-refractivity contribution in [2.75, 3.05) is 13.1 Å². The molecule has 7 amide bonds. The Morgan fingerprint density at radius 2 is 0.968 bits per heavy atom. The number of carboxylic acids is 3. The van der Waals surface area contributed by atoms with Crippen LogP contribution in [0.4, 0.5) is 0 Å². The highest BCUT2D eigenvalue weighted by Crippen LogP contribution is 2.10. The molecule has 0 heterocycles. The van der Waals surface area contributed by atoms with Crippen molar-refractivity contribution in [3.05, 3.63) is 71.8 Å². The lowest BCUT2D eigenvalue weighted by atomic mass is 10.0. The highest BCUT2D eigenvalue weighted by Gasteiger charge is 2.33. The first-order valence-electron chi connectivity index (χ1n) is 19.7. The van der Waals surface area contributed by atoms with E-state index in [2.05, 4.69) is 37.2 Å². The van der Waals surface area contributed by atoms with Gasteiger partial charge in [-0.15, -0.1) is 0 Å². The van der Waals surface area contributed by atoms with Crippen LogP contribution in [0.1, 0.15) is 58.1 Å². The predicted octanol–water partition coefficient (Wildman–Crippen LogP) is -1.81. The van der Waals surface area contributed by atoms with Crippen molar-refractivity contribution in [3.63, 3.8) is 0 Å². The molecule has 0 bridgehead atoms. The van der Waals surface area contributed by atoms with Gasteiger partial charge in [0.15, 0.2) is 0 Å². The van der Waals surface area contributed by atoms with Gasteiger partial charge in [-0.3, -0.25) is 47.9 Å². The topological polar surface area (TPSA) is 342 Å². The van der Waals surface area contributed by atoms with Gasteiger partial charge < -0.3 is 58.3 Å². The van der Waals surface area contributed by atoms with Gasteiger partial charge in [-0.1, -0.05) is 88.4 Å². The summed E-state index contributed by atoms with van der Waals surface area (Å²) in [5, 5.41) is 44.2. The van der Waals surface area contributed by atoms with E-state index in [1.165, 1.54) is 13.8 Å². The maximum atomic E-state index is 13.8. The third-order valence-electron chi connectivity index (χ3n) is 9.25. The molecule has 6 unspecified atom stereocenters. The van der Waals surface area contributed by atoms with Crippen molar-refractivity contribution in [2.24, 2.45) is 17.6 Å². The van der Waals surface area contributed by atoms with E-state index in [1.54, 1.807) is 74.5 Å². The summed E-state index contributed by atoms with van der Waals surface area (Å²) in [6, 6.07) is 9.04. The number of rotatable bonds is 26. The van der Waals surface area contributed by atoms with Crippen molar-refractivity contribution in [1.29, 1.82) is 0 Å². The third kappa shape index (κ3) is 18.6. The first kappa shape index (κ1) is 51.2. The zero-order chi connectivity index (χ0) is 46.5. The summed E-state index contributed by atoms with van der Waals surface area (Å²) in [7, 11) is 0. The normalized spacial score (nSPS) is 13.8. The van der Waals surface area contributed by atoms with Gasteiger partial charge in [0, 0.05) is 19.3 Å². The highest BCUT2D eigenvalue weighted by molar-refractivity contribution is 5.97. The zero-order valence-electron chi connectivity index (χ0n) is 34.8. The number of carbonyl (C=O) groups excluding carboxylic acids is 7. The Bertz CT molecular complexity index is 1900. The van der Waals surface area contributed by atoms with Crippen LogP contribution in [0.5, 0.6) is 0 Å². The lowest BCUT2D eigenvalue weighted by Gasteiger charge is -2.26. The van der Waals surface area contributed by atoms with Crippen LogP contribution >= 0.6 is 0 Å². The quantitative estimate of drug-likeness (QED) is 0.0497. The lowest BCUT2D eigenvalue weighted by molar-refractivity contribution is -0.142. The molecule has 0 saturated heterocycles. The molecular weight excluding hydrogens is 812 g/mol. The fraction of sp³-hybridized carbons (Fsp3) is 0.463. The van der Waals surface area contributed by atoms with Gasteiger partial charge in [0.25, 0.3) is 0 Å². The number of aliphatic carboxylic acids is 3. The van der Waals surface area contributed by atoms with E-state index in [9.17, 15) is 58.2 Å². The molecule has 62 heavy (non-hydrogen) atoms. The van der Waals surface area contributed by atoms with Gasteiger partial charge >= 0.3 is 17.9 Å². The average Bonchev–Trinajstić information content (AvgIpc) is 3.21. The fourth-order valence-corrected chi connectivity index (χ4v) is 5.75. The predicted molar refractivity (Wildman–Crippen MR) is 220 cm³/mol. The molecule has 2 aromatic rings. The highest BCUT2D eigenvalue weighted by atomic mass is 16.4. The van der Waals surface area contributed by atoms with Gasteiger partial charge in [-0.05, 0) is 29.4 Å². The van der Waals surface area contributed by atoms with Gasteiger partial charge in [0.05, 0.1) is 19.0 Å². The van der Waals surface area contributed by atoms with E-state index < -0.39 is 134 Å². The third-order valence-corrected chi connectivity index (χ3v) is 9.25. The minimum atomic E-state index is -1.85. The van der Waals surface area contributed by atoms with Crippen LogP contribution in [0.15, 0.2) is 60.7 Å². The van der Waals surface area contributed by atoms with Crippen LogP contribution in [0.25, 0.3) is 0 Å². The summed E-state index contributed by atoms with van der Waals surface area (Å²) in [5.74, 6) is -11.6. The van der Waals surface area contributed by atoms with Crippen LogP contribution in [-0.2, 0) is 60.8 Å². The molecule has 0 radical (unpaired) electrons. The minimum Gasteiger partial charge on any atom is -0.481 e. The van der Waals surface area contributed by atoms with Crippen LogP contribution < -0.4 is 43.0 Å². The molecule has 0 aromatic heterocycles. The van der Waals surface area contributed by atoms with Gasteiger partial charge in [0.2, 0.25) is 41.4 Å². The van der Waals surface area contributed by atoms with Crippen molar-refractivity contribution >= 4 is 59.3 Å².